The molecule has 0 unspecified atom stereocenters. The van der Waals surface area contributed by atoms with Crippen LogP contribution in [-0.2, 0) is 11.5 Å². The van der Waals surface area contributed by atoms with Crippen LogP contribution in [0.5, 0.6) is 0 Å². The molecule has 0 bridgehead atoms. The van der Waals surface area contributed by atoms with Gasteiger partial charge in [-0.05, 0) is 45.2 Å². The van der Waals surface area contributed by atoms with Crippen LogP contribution in [-0.4, -0.2) is 8.39 Å². The SMILES string of the molecule is S=C(SCc1ccccc1)c1ccc2cc(C(=S)SCc3ccccc3)ccc2c1. The summed E-state index contributed by atoms with van der Waals surface area (Å²) in [4.78, 5) is 0. The lowest BCUT2D eigenvalue weighted by molar-refractivity contribution is 1.43. The zero-order valence-corrected chi connectivity index (χ0v) is 19.6. The molecule has 0 heterocycles. The average molecular weight is 461 g/mol. The largest absolute Gasteiger partial charge is 0.109 e. The van der Waals surface area contributed by atoms with Gasteiger partial charge >= 0.3 is 0 Å². The van der Waals surface area contributed by atoms with Gasteiger partial charge in [0.2, 0.25) is 0 Å². The predicted molar refractivity (Wildman–Crippen MR) is 143 cm³/mol. The Balaban J connectivity index is 1.42. The van der Waals surface area contributed by atoms with Gasteiger partial charge in [0.1, 0.15) is 0 Å². The first-order valence-corrected chi connectivity index (χ1v) is 12.4. The smallest absolute Gasteiger partial charge is 0.0781 e. The molecule has 0 aliphatic carbocycles. The molecule has 0 aliphatic heterocycles. The molecule has 0 aliphatic rings. The molecule has 4 rings (SSSR count). The maximum absolute atomic E-state index is 5.67. The van der Waals surface area contributed by atoms with Crippen molar-refractivity contribution in [1.29, 1.82) is 0 Å². The van der Waals surface area contributed by atoms with E-state index in [0.29, 0.717) is 0 Å². The zero-order valence-electron chi connectivity index (χ0n) is 16.3. The lowest BCUT2D eigenvalue weighted by Crippen LogP contribution is -1.95. The molecule has 0 aromatic heterocycles. The molecule has 0 nitrogen and oxygen atoms in total. The van der Waals surface area contributed by atoms with Crippen LogP contribution < -0.4 is 0 Å². The van der Waals surface area contributed by atoms with E-state index < -0.39 is 0 Å². The summed E-state index contributed by atoms with van der Waals surface area (Å²) in [6, 6.07) is 33.8. The van der Waals surface area contributed by atoms with Gasteiger partial charge in [0.25, 0.3) is 0 Å². The Morgan fingerprint density at radius 2 is 0.933 bits per heavy atom. The van der Waals surface area contributed by atoms with E-state index in [9.17, 15) is 0 Å². The fourth-order valence-corrected chi connectivity index (χ4v) is 5.29. The molecule has 30 heavy (non-hydrogen) atoms. The Bertz CT molecular complexity index is 1070. The van der Waals surface area contributed by atoms with E-state index in [1.807, 2.05) is 12.1 Å². The van der Waals surface area contributed by atoms with Gasteiger partial charge in [0.05, 0.1) is 8.39 Å². The first-order valence-electron chi connectivity index (χ1n) is 9.65. The molecule has 0 N–H and O–H groups in total. The maximum atomic E-state index is 5.67. The monoisotopic (exact) mass is 460 g/mol. The summed E-state index contributed by atoms with van der Waals surface area (Å²) in [5, 5.41) is 2.38. The molecule has 0 fully saturated rings. The van der Waals surface area contributed by atoms with Gasteiger partial charge in [-0.2, -0.15) is 0 Å². The average Bonchev–Trinajstić information content (AvgIpc) is 2.81. The van der Waals surface area contributed by atoms with Crippen molar-refractivity contribution in [2.24, 2.45) is 0 Å². The minimum Gasteiger partial charge on any atom is -0.109 e. The number of hydrogen-bond donors (Lipinski definition) is 0. The number of rotatable bonds is 6. The van der Waals surface area contributed by atoms with E-state index in [4.69, 9.17) is 24.4 Å². The fraction of sp³-hybridized carbons (Fsp3) is 0.0769. The molecular weight excluding hydrogens is 441 g/mol. The lowest BCUT2D eigenvalue weighted by atomic mass is 10.1. The molecule has 0 amide bonds. The van der Waals surface area contributed by atoms with Crippen LogP contribution in [0.2, 0.25) is 0 Å². The topological polar surface area (TPSA) is 0 Å². The van der Waals surface area contributed by atoms with E-state index >= 15 is 0 Å². The van der Waals surface area contributed by atoms with E-state index in [1.165, 1.54) is 21.9 Å². The molecule has 148 valence electrons. The highest BCUT2D eigenvalue weighted by atomic mass is 32.2. The Hall–Kier alpha value is -1.98. The van der Waals surface area contributed by atoms with E-state index in [0.717, 1.165) is 31.0 Å². The summed E-state index contributed by atoms with van der Waals surface area (Å²) in [6.45, 7) is 0. The highest BCUT2D eigenvalue weighted by Crippen LogP contribution is 2.26. The third-order valence-electron chi connectivity index (χ3n) is 4.74. The van der Waals surface area contributed by atoms with Gasteiger partial charge in [0.15, 0.2) is 0 Å². The minimum atomic E-state index is 0.892. The first-order chi connectivity index (χ1) is 14.7. The van der Waals surface area contributed by atoms with Gasteiger partial charge in [-0.1, -0.05) is 109 Å². The summed E-state index contributed by atoms with van der Waals surface area (Å²) in [6.07, 6.45) is 0. The van der Waals surface area contributed by atoms with E-state index in [2.05, 4.69) is 84.9 Å². The molecule has 0 radical (unpaired) electrons. The summed E-state index contributed by atoms with van der Waals surface area (Å²) in [5.74, 6) is 1.78. The minimum absolute atomic E-state index is 0.892. The number of fused-ring (bicyclic) bond motifs is 1. The number of hydrogen-bond acceptors (Lipinski definition) is 4. The van der Waals surface area contributed by atoms with Crippen LogP contribution in [0.15, 0.2) is 97.1 Å². The van der Waals surface area contributed by atoms with Crippen molar-refractivity contribution >= 4 is 67.1 Å². The summed E-state index contributed by atoms with van der Waals surface area (Å²) in [5.41, 5.74) is 4.79. The van der Waals surface area contributed by atoms with Crippen molar-refractivity contribution in [2.45, 2.75) is 11.5 Å². The van der Waals surface area contributed by atoms with Gasteiger partial charge in [-0.15, -0.1) is 23.5 Å². The molecular formula is C26H20S4. The second kappa shape index (κ2) is 10.4. The Morgan fingerprint density at radius 1 is 0.533 bits per heavy atom. The Kier molecular flexibility index (Phi) is 7.34. The second-order valence-corrected chi connectivity index (χ2v) is 10.2. The standard InChI is InChI=1S/C26H20S4/c27-25(29-17-19-7-3-1-4-8-19)23-13-11-22-16-24(14-12-21(22)15-23)26(28)30-18-20-9-5-2-6-10-20/h1-16H,17-18H2. The number of thiocarbonyl (C=S) groups is 2. The van der Waals surface area contributed by atoms with Crippen LogP contribution in [0.4, 0.5) is 0 Å². The van der Waals surface area contributed by atoms with Gasteiger partial charge in [-0.3, -0.25) is 0 Å². The highest BCUT2D eigenvalue weighted by Gasteiger charge is 2.07. The van der Waals surface area contributed by atoms with Gasteiger partial charge < -0.3 is 0 Å². The van der Waals surface area contributed by atoms with Gasteiger partial charge in [0, 0.05) is 11.5 Å². The van der Waals surface area contributed by atoms with Crippen LogP contribution in [0.25, 0.3) is 10.8 Å². The Morgan fingerprint density at radius 3 is 1.33 bits per heavy atom. The molecule has 0 spiro atoms. The predicted octanol–water partition coefficient (Wildman–Crippen LogP) is 8.06. The number of benzene rings is 4. The second-order valence-electron chi connectivity index (χ2n) is 6.90. The van der Waals surface area contributed by atoms with Crippen LogP contribution in [0.3, 0.4) is 0 Å². The summed E-state index contributed by atoms with van der Waals surface area (Å²) >= 11 is 14.8. The molecule has 4 aromatic rings. The van der Waals surface area contributed by atoms with Crippen molar-refractivity contribution in [3.63, 3.8) is 0 Å². The summed E-state index contributed by atoms with van der Waals surface area (Å²) in [7, 11) is 0. The third kappa shape index (κ3) is 5.58. The van der Waals surface area contributed by atoms with Crippen LogP contribution in [0.1, 0.15) is 22.3 Å². The fourth-order valence-electron chi connectivity index (χ4n) is 3.11. The van der Waals surface area contributed by atoms with Crippen LogP contribution >= 0.6 is 48.0 Å². The van der Waals surface area contributed by atoms with Crippen molar-refractivity contribution in [3.8, 4) is 0 Å². The molecule has 0 atom stereocenters. The highest BCUT2D eigenvalue weighted by molar-refractivity contribution is 8.23. The van der Waals surface area contributed by atoms with E-state index in [1.54, 1.807) is 23.5 Å². The van der Waals surface area contributed by atoms with Crippen molar-refractivity contribution < 1.29 is 0 Å². The maximum Gasteiger partial charge on any atom is 0.0781 e. The molecule has 4 heteroatoms. The quantitative estimate of drug-likeness (QED) is 0.267. The molecule has 4 aromatic carbocycles. The molecule has 0 saturated carbocycles. The summed E-state index contributed by atoms with van der Waals surface area (Å²) < 4.78 is 1.86. The lowest BCUT2D eigenvalue weighted by Gasteiger charge is -2.09. The van der Waals surface area contributed by atoms with Gasteiger partial charge in [-0.25, -0.2) is 0 Å². The van der Waals surface area contributed by atoms with Crippen molar-refractivity contribution in [2.75, 3.05) is 0 Å². The van der Waals surface area contributed by atoms with Crippen LogP contribution in [0, 0.1) is 0 Å². The zero-order chi connectivity index (χ0) is 20.8. The number of thioether (sulfide) groups is 2. The normalized spacial score (nSPS) is 10.8. The van der Waals surface area contributed by atoms with Crippen molar-refractivity contribution in [3.05, 3.63) is 119 Å². The molecule has 0 saturated heterocycles. The first kappa shape index (κ1) is 21.3. The van der Waals surface area contributed by atoms with Crippen molar-refractivity contribution in [1.82, 2.24) is 0 Å². The van der Waals surface area contributed by atoms with E-state index in [-0.39, 0.29) is 0 Å². The third-order valence-corrected chi connectivity index (χ3v) is 7.87. The Labute approximate surface area is 197 Å².